The first-order valence-electron chi connectivity index (χ1n) is 11.5. The zero-order valence-corrected chi connectivity index (χ0v) is 20.6. The van der Waals surface area contributed by atoms with E-state index in [4.69, 9.17) is 9.47 Å². The molecule has 0 spiro atoms. The van der Waals surface area contributed by atoms with Crippen molar-refractivity contribution in [3.63, 3.8) is 0 Å². The van der Waals surface area contributed by atoms with Gasteiger partial charge in [0, 0.05) is 24.7 Å². The topological polar surface area (TPSA) is 131 Å². The van der Waals surface area contributed by atoms with E-state index < -0.39 is 34.5 Å². The molecule has 34 heavy (non-hydrogen) atoms. The monoisotopic (exact) mass is 495 g/mol. The van der Waals surface area contributed by atoms with Gasteiger partial charge in [0.15, 0.2) is 6.61 Å². The van der Waals surface area contributed by atoms with E-state index in [2.05, 4.69) is 10.6 Å². The molecular formula is C23H33N3O7S. The molecule has 10 nitrogen and oxygen atoms in total. The molecule has 1 aliphatic heterocycles. The summed E-state index contributed by atoms with van der Waals surface area (Å²) in [5.41, 5.74) is 0.101. The summed E-state index contributed by atoms with van der Waals surface area (Å²) < 4.78 is 37.5. The minimum absolute atomic E-state index is 0.00724. The summed E-state index contributed by atoms with van der Waals surface area (Å²) >= 11 is 0. The Balaban J connectivity index is 1.62. The summed E-state index contributed by atoms with van der Waals surface area (Å²) in [4.78, 5) is 37.5. The highest BCUT2D eigenvalue weighted by Gasteiger charge is 2.31. The largest absolute Gasteiger partial charge is 0.454 e. The Hall–Kier alpha value is -2.50. The number of hydrogen-bond acceptors (Lipinski definition) is 7. The van der Waals surface area contributed by atoms with Crippen LogP contribution in [-0.2, 0) is 29.1 Å². The molecule has 2 N–H and O–H groups in total. The number of nitrogens with one attached hydrogen (secondary N) is 2. The van der Waals surface area contributed by atoms with Crippen LogP contribution in [0.25, 0.3) is 0 Å². The maximum absolute atomic E-state index is 12.9. The SMILES string of the molecule is CC(NC(=O)COC(=O)[C@@H](NC(=O)c1cccc(S(=O)(=O)N2CCOCC2)c1)C(C)C)C1CC1. The van der Waals surface area contributed by atoms with Gasteiger partial charge in [-0.15, -0.1) is 0 Å². The van der Waals surface area contributed by atoms with Crippen molar-refractivity contribution in [2.45, 2.75) is 50.6 Å². The molecule has 0 radical (unpaired) electrons. The molecule has 1 heterocycles. The fraction of sp³-hybridized carbons (Fsp3) is 0.609. The Bertz CT molecular complexity index is 1000. The number of morpholine rings is 1. The fourth-order valence-electron chi connectivity index (χ4n) is 3.69. The van der Waals surface area contributed by atoms with Gasteiger partial charge >= 0.3 is 5.97 Å². The second kappa shape index (κ2) is 11.3. The molecule has 3 rings (SSSR count). The summed E-state index contributed by atoms with van der Waals surface area (Å²) in [7, 11) is -3.77. The molecule has 2 aliphatic rings. The molecule has 188 valence electrons. The molecule has 1 saturated heterocycles. The highest BCUT2D eigenvalue weighted by Crippen LogP contribution is 2.32. The lowest BCUT2D eigenvalue weighted by Crippen LogP contribution is -2.46. The lowest BCUT2D eigenvalue weighted by atomic mass is 10.0. The third kappa shape index (κ3) is 6.77. The van der Waals surface area contributed by atoms with E-state index in [-0.39, 0.29) is 41.4 Å². The van der Waals surface area contributed by atoms with Gasteiger partial charge in [0.1, 0.15) is 6.04 Å². The average molecular weight is 496 g/mol. The number of rotatable bonds is 10. The van der Waals surface area contributed by atoms with Gasteiger partial charge in [-0.1, -0.05) is 19.9 Å². The Labute approximate surface area is 200 Å². The van der Waals surface area contributed by atoms with Gasteiger partial charge in [0.05, 0.1) is 18.1 Å². The minimum atomic E-state index is -3.77. The van der Waals surface area contributed by atoms with Crippen molar-refractivity contribution in [1.82, 2.24) is 14.9 Å². The first-order valence-corrected chi connectivity index (χ1v) is 13.0. The van der Waals surface area contributed by atoms with Crippen molar-refractivity contribution < 1.29 is 32.3 Å². The minimum Gasteiger partial charge on any atom is -0.454 e. The predicted molar refractivity (Wildman–Crippen MR) is 123 cm³/mol. The summed E-state index contributed by atoms with van der Waals surface area (Å²) in [6, 6.07) is 4.71. The van der Waals surface area contributed by atoms with Crippen molar-refractivity contribution in [3.05, 3.63) is 29.8 Å². The van der Waals surface area contributed by atoms with Gasteiger partial charge in [-0.3, -0.25) is 9.59 Å². The molecule has 1 aromatic carbocycles. The maximum atomic E-state index is 12.9. The average Bonchev–Trinajstić information content (AvgIpc) is 3.67. The predicted octanol–water partition coefficient (Wildman–Crippen LogP) is 0.920. The van der Waals surface area contributed by atoms with Crippen LogP contribution in [0.2, 0.25) is 0 Å². The molecule has 11 heteroatoms. The smallest absolute Gasteiger partial charge is 0.329 e. The number of carbonyl (C=O) groups is 3. The standard InChI is InChI=1S/C23H33N3O7S/c1-15(2)21(23(29)33-14-20(27)24-16(3)17-7-8-17)25-22(28)18-5-4-6-19(13-18)34(30,31)26-9-11-32-12-10-26/h4-6,13,15-17,21H,7-12,14H2,1-3H3,(H,24,27)(H,25,28)/t16?,21-/m0/s1. The molecule has 0 bridgehead atoms. The van der Waals surface area contributed by atoms with Crippen molar-refractivity contribution in [3.8, 4) is 0 Å². The van der Waals surface area contributed by atoms with Crippen LogP contribution in [0.4, 0.5) is 0 Å². The van der Waals surface area contributed by atoms with Gasteiger partial charge in [-0.2, -0.15) is 4.31 Å². The van der Waals surface area contributed by atoms with E-state index in [0.29, 0.717) is 19.1 Å². The Morgan fingerprint density at radius 2 is 1.79 bits per heavy atom. The van der Waals surface area contributed by atoms with Crippen molar-refractivity contribution in [2.24, 2.45) is 11.8 Å². The summed E-state index contributed by atoms with van der Waals surface area (Å²) in [5.74, 6) is -1.56. The fourth-order valence-corrected chi connectivity index (χ4v) is 5.15. The second-order valence-corrected chi connectivity index (χ2v) is 11.0. The summed E-state index contributed by atoms with van der Waals surface area (Å²) in [6.07, 6.45) is 2.16. The van der Waals surface area contributed by atoms with E-state index in [9.17, 15) is 22.8 Å². The van der Waals surface area contributed by atoms with Crippen LogP contribution in [0.3, 0.4) is 0 Å². The van der Waals surface area contributed by atoms with Gasteiger partial charge in [-0.05, 0) is 49.8 Å². The molecule has 2 fully saturated rings. The lowest BCUT2D eigenvalue weighted by Gasteiger charge is -2.26. The molecule has 2 atom stereocenters. The van der Waals surface area contributed by atoms with Crippen LogP contribution in [-0.4, -0.2) is 75.5 Å². The van der Waals surface area contributed by atoms with Gasteiger partial charge < -0.3 is 20.1 Å². The molecule has 2 amide bonds. The number of amides is 2. The van der Waals surface area contributed by atoms with Crippen molar-refractivity contribution in [2.75, 3.05) is 32.9 Å². The van der Waals surface area contributed by atoms with E-state index in [1.807, 2.05) is 6.92 Å². The van der Waals surface area contributed by atoms with E-state index >= 15 is 0 Å². The number of ether oxygens (including phenoxy) is 2. The van der Waals surface area contributed by atoms with E-state index in [1.54, 1.807) is 13.8 Å². The lowest BCUT2D eigenvalue weighted by molar-refractivity contribution is -0.151. The number of nitrogens with zero attached hydrogens (tertiary/aromatic N) is 1. The number of esters is 1. The zero-order valence-electron chi connectivity index (χ0n) is 19.8. The van der Waals surface area contributed by atoms with Gasteiger partial charge in [0.2, 0.25) is 10.0 Å². The zero-order chi connectivity index (χ0) is 24.9. The molecule has 1 saturated carbocycles. The van der Waals surface area contributed by atoms with Crippen molar-refractivity contribution in [1.29, 1.82) is 0 Å². The van der Waals surface area contributed by atoms with Crippen LogP contribution in [0.5, 0.6) is 0 Å². The van der Waals surface area contributed by atoms with Crippen molar-refractivity contribution >= 4 is 27.8 Å². The van der Waals surface area contributed by atoms with Crippen LogP contribution in [0.1, 0.15) is 44.0 Å². The number of sulfonamides is 1. The molecular weight excluding hydrogens is 462 g/mol. The Morgan fingerprint density at radius 3 is 2.41 bits per heavy atom. The van der Waals surface area contributed by atoms with Crippen LogP contribution in [0.15, 0.2) is 29.2 Å². The maximum Gasteiger partial charge on any atom is 0.329 e. The molecule has 1 aromatic rings. The van der Waals surface area contributed by atoms with Crippen LogP contribution in [0, 0.1) is 11.8 Å². The number of benzene rings is 1. The molecule has 1 aliphatic carbocycles. The Morgan fingerprint density at radius 1 is 1.12 bits per heavy atom. The third-order valence-electron chi connectivity index (χ3n) is 5.97. The molecule has 1 unspecified atom stereocenters. The third-order valence-corrected chi connectivity index (χ3v) is 7.87. The normalized spacial score (nSPS) is 18.7. The second-order valence-electron chi connectivity index (χ2n) is 9.04. The molecule has 0 aromatic heterocycles. The number of hydrogen-bond donors (Lipinski definition) is 2. The van der Waals surface area contributed by atoms with E-state index in [1.165, 1.54) is 28.6 Å². The Kier molecular flexibility index (Phi) is 8.67. The van der Waals surface area contributed by atoms with E-state index in [0.717, 1.165) is 12.8 Å². The van der Waals surface area contributed by atoms with Crippen LogP contribution < -0.4 is 10.6 Å². The summed E-state index contributed by atoms with van der Waals surface area (Å²) in [6.45, 7) is 6.08. The summed E-state index contributed by atoms with van der Waals surface area (Å²) in [5, 5.41) is 5.42. The first-order chi connectivity index (χ1) is 16.1. The highest BCUT2D eigenvalue weighted by atomic mass is 32.2. The highest BCUT2D eigenvalue weighted by molar-refractivity contribution is 7.89. The van der Waals surface area contributed by atoms with Gasteiger partial charge in [-0.25, -0.2) is 13.2 Å². The van der Waals surface area contributed by atoms with Crippen LogP contribution >= 0.6 is 0 Å². The van der Waals surface area contributed by atoms with Gasteiger partial charge in [0.25, 0.3) is 11.8 Å². The first kappa shape index (κ1) is 26.1. The number of carbonyl (C=O) groups excluding carboxylic acids is 3. The quantitative estimate of drug-likeness (QED) is 0.462.